The van der Waals surface area contributed by atoms with Crippen LogP contribution in [-0.2, 0) is 6.18 Å². The van der Waals surface area contributed by atoms with Crippen molar-refractivity contribution in [2.24, 2.45) is 5.73 Å². The molecule has 1 aliphatic heterocycles. The van der Waals surface area contributed by atoms with Crippen molar-refractivity contribution in [1.29, 1.82) is 0 Å². The SMILES string of the molecule is CC(N)C1CCCCN1C(=O)c1ccc(C(F)(F)F)nc1. The molecule has 7 heteroatoms. The molecule has 2 unspecified atom stereocenters. The van der Waals surface area contributed by atoms with Crippen LogP contribution in [0.25, 0.3) is 0 Å². The predicted octanol–water partition coefficient (Wildman–Crippen LogP) is 2.44. The molecule has 0 spiro atoms. The second-order valence-corrected chi connectivity index (χ2v) is 5.35. The number of aromatic nitrogens is 1. The highest BCUT2D eigenvalue weighted by Gasteiger charge is 2.33. The average Bonchev–Trinajstić information content (AvgIpc) is 2.45. The second-order valence-electron chi connectivity index (χ2n) is 5.35. The van der Waals surface area contributed by atoms with Crippen LogP contribution in [0, 0.1) is 0 Å². The summed E-state index contributed by atoms with van der Waals surface area (Å²) in [5.74, 6) is -0.307. The molecule has 1 fully saturated rings. The molecule has 0 aliphatic carbocycles. The number of carbonyl (C=O) groups excluding carboxylic acids is 1. The number of alkyl halides is 3. The highest BCUT2D eigenvalue weighted by Crippen LogP contribution is 2.28. The van der Waals surface area contributed by atoms with Gasteiger partial charge in [-0.3, -0.25) is 9.78 Å². The number of hydrogen-bond acceptors (Lipinski definition) is 3. The minimum atomic E-state index is -4.50. The second kappa shape index (κ2) is 6.01. The Morgan fingerprint density at radius 1 is 1.43 bits per heavy atom. The molecule has 116 valence electrons. The van der Waals surface area contributed by atoms with Crippen LogP contribution in [-0.4, -0.2) is 34.4 Å². The third-order valence-corrected chi connectivity index (χ3v) is 3.72. The Bertz CT molecular complexity index is 499. The first-order valence-electron chi connectivity index (χ1n) is 6.90. The monoisotopic (exact) mass is 301 g/mol. The Morgan fingerprint density at radius 3 is 2.67 bits per heavy atom. The number of hydrogen-bond donors (Lipinski definition) is 1. The number of amides is 1. The van der Waals surface area contributed by atoms with Gasteiger partial charge in [-0.1, -0.05) is 0 Å². The average molecular weight is 301 g/mol. The summed E-state index contributed by atoms with van der Waals surface area (Å²) in [5.41, 5.74) is 5.06. The molecule has 4 nitrogen and oxygen atoms in total. The highest BCUT2D eigenvalue weighted by molar-refractivity contribution is 5.94. The van der Waals surface area contributed by atoms with Crippen LogP contribution in [0.4, 0.5) is 13.2 Å². The summed E-state index contributed by atoms with van der Waals surface area (Å²) in [6.07, 6.45) is -0.819. The maximum absolute atomic E-state index is 12.5. The van der Waals surface area contributed by atoms with Gasteiger partial charge in [0.1, 0.15) is 5.69 Å². The molecule has 0 saturated carbocycles. The van der Waals surface area contributed by atoms with Gasteiger partial charge >= 0.3 is 6.18 Å². The van der Waals surface area contributed by atoms with Crippen LogP contribution in [0.5, 0.6) is 0 Å². The molecule has 1 aromatic heterocycles. The Balaban J connectivity index is 2.19. The van der Waals surface area contributed by atoms with Crippen molar-refractivity contribution in [2.45, 2.75) is 44.4 Å². The van der Waals surface area contributed by atoms with Gasteiger partial charge in [-0.15, -0.1) is 0 Å². The van der Waals surface area contributed by atoms with Gasteiger partial charge < -0.3 is 10.6 Å². The lowest BCUT2D eigenvalue weighted by Crippen LogP contribution is -2.51. The molecule has 1 aliphatic rings. The van der Waals surface area contributed by atoms with Crippen LogP contribution in [0.1, 0.15) is 42.2 Å². The van der Waals surface area contributed by atoms with Gasteiger partial charge in [-0.05, 0) is 38.3 Å². The maximum atomic E-state index is 12.5. The molecule has 0 radical (unpaired) electrons. The number of carbonyl (C=O) groups is 1. The van der Waals surface area contributed by atoms with E-state index in [1.807, 2.05) is 6.92 Å². The number of likely N-dealkylation sites (tertiary alicyclic amines) is 1. The van der Waals surface area contributed by atoms with E-state index >= 15 is 0 Å². The predicted molar refractivity (Wildman–Crippen MR) is 71.6 cm³/mol. The molecular formula is C14H18F3N3O. The lowest BCUT2D eigenvalue weighted by molar-refractivity contribution is -0.141. The van der Waals surface area contributed by atoms with Gasteiger partial charge in [0.2, 0.25) is 0 Å². The third-order valence-electron chi connectivity index (χ3n) is 3.72. The van der Waals surface area contributed by atoms with E-state index in [1.54, 1.807) is 4.90 Å². The van der Waals surface area contributed by atoms with Crippen LogP contribution in [0.15, 0.2) is 18.3 Å². The van der Waals surface area contributed by atoms with E-state index in [-0.39, 0.29) is 23.6 Å². The molecule has 2 heterocycles. The number of pyridine rings is 1. The zero-order valence-electron chi connectivity index (χ0n) is 11.7. The maximum Gasteiger partial charge on any atom is 0.433 e. The van der Waals surface area contributed by atoms with Crippen molar-refractivity contribution < 1.29 is 18.0 Å². The van der Waals surface area contributed by atoms with Gasteiger partial charge in [0, 0.05) is 24.8 Å². The van der Waals surface area contributed by atoms with E-state index in [0.717, 1.165) is 31.5 Å². The summed E-state index contributed by atoms with van der Waals surface area (Å²) in [6.45, 7) is 2.41. The molecule has 1 amide bonds. The minimum Gasteiger partial charge on any atom is -0.334 e. The van der Waals surface area contributed by atoms with Crippen molar-refractivity contribution >= 4 is 5.91 Å². The summed E-state index contributed by atoms with van der Waals surface area (Å²) in [7, 11) is 0. The molecule has 2 rings (SSSR count). The zero-order valence-corrected chi connectivity index (χ0v) is 11.7. The first kappa shape index (κ1) is 15.8. The van der Waals surface area contributed by atoms with Gasteiger partial charge in [-0.2, -0.15) is 13.2 Å². The molecule has 21 heavy (non-hydrogen) atoms. The van der Waals surface area contributed by atoms with Crippen molar-refractivity contribution in [3.8, 4) is 0 Å². The lowest BCUT2D eigenvalue weighted by Gasteiger charge is -2.38. The molecule has 2 atom stereocenters. The fourth-order valence-corrected chi connectivity index (χ4v) is 2.61. The largest absolute Gasteiger partial charge is 0.433 e. The molecule has 1 saturated heterocycles. The number of halogens is 3. The van der Waals surface area contributed by atoms with Crippen molar-refractivity contribution in [3.63, 3.8) is 0 Å². The van der Waals surface area contributed by atoms with Crippen LogP contribution < -0.4 is 5.73 Å². The lowest BCUT2D eigenvalue weighted by atomic mass is 9.96. The number of rotatable bonds is 2. The first-order valence-corrected chi connectivity index (χ1v) is 6.90. The van der Waals surface area contributed by atoms with Gasteiger partial charge in [0.25, 0.3) is 5.91 Å². The summed E-state index contributed by atoms with van der Waals surface area (Å²) in [4.78, 5) is 17.4. The highest BCUT2D eigenvalue weighted by atomic mass is 19.4. The van der Waals surface area contributed by atoms with E-state index in [4.69, 9.17) is 5.73 Å². The standard InChI is InChI=1S/C14H18F3N3O/c1-9(18)11-4-2-3-7-20(11)13(21)10-5-6-12(19-8-10)14(15,16)17/h5-6,8-9,11H,2-4,7,18H2,1H3. The summed E-state index contributed by atoms with van der Waals surface area (Å²) in [6, 6.07) is 1.76. The van der Waals surface area contributed by atoms with Gasteiger partial charge in [-0.25, -0.2) is 0 Å². The molecule has 0 aromatic carbocycles. The van der Waals surface area contributed by atoms with Crippen LogP contribution in [0.3, 0.4) is 0 Å². The fraction of sp³-hybridized carbons (Fsp3) is 0.571. The van der Waals surface area contributed by atoms with Crippen LogP contribution >= 0.6 is 0 Å². The number of nitrogens with two attached hydrogens (primary N) is 1. The Hall–Kier alpha value is -1.63. The van der Waals surface area contributed by atoms with E-state index in [2.05, 4.69) is 4.98 Å². The zero-order chi connectivity index (χ0) is 15.6. The molecular weight excluding hydrogens is 283 g/mol. The van der Waals surface area contributed by atoms with E-state index in [9.17, 15) is 18.0 Å². The molecule has 0 bridgehead atoms. The van der Waals surface area contributed by atoms with E-state index < -0.39 is 11.9 Å². The first-order chi connectivity index (χ1) is 9.80. The third kappa shape index (κ3) is 3.53. The quantitative estimate of drug-likeness (QED) is 0.912. The number of nitrogens with zero attached hydrogens (tertiary/aromatic N) is 2. The Kier molecular flexibility index (Phi) is 4.51. The fourth-order valence-electron chi connectivity index (χ4n) is 2.61. The van der Waals surface area contributed by atoms with Crippen molar-refractivity contribution in [1.82, 2.24) is 9.88 Å². The summed E-state index contributed by atoms with van der Waals surface area (Å²) < 4.78 is 37.4. The Morgan fingerprint density at radius 2 is 2.14 bits per heavy atom. The molecule has 2 N–H and O–H groups in total. The minimum absolute atomic E-state index is 0.0754. The smallest absolute Gasteiger partial charge is 0.334 e. The summed E-state index contributed by atoms with van der Waals surface area (Å²) >= 11 is 0. The van der Waals surface area contributed by atoms with Crippen LogP contribution in [0.2, 0.25) is 0 Å². The number of piperidine rings is 1. The van der Waals surface area contributed by atoms with E-state index in [0.29, 0.717) is 6.54 Å². The molecule has 1 aromatic rings. The van der Waals surface area contributed by atoms with E-state index in [1.165, 1.54) is 6.07 Å². The van der Waals surface area contributed by atoms with Gasteiger partial charge in [0.05, 0.1) is 5.56 Å². The Labute approximate surface area is 121 Å². The van der Waals surface area contributed by atoms with Gasteiger partial charge in [0.15, 0.2) is 0 Å². The summed E-state index contributed by atoms with van der Waals surface area (Å²) in [5, 5.41) is 0. The van der Waals surface area contributed by atoms with Crippen molar-refractivity contribution in [2.75, 3.05) is 6.54 Å². The topological polar surface area (TPSA) is 59.2 Å². The normalized spacial score (nSPS) is 21.2. The van der Waals surface area contributed by atoms with Crippen molar-refractivity contribution in [3.05, 3.63) is 29.6 Å².